The van der Waals surface area contributed by atoms with Crippen molar-refractivity contribution in [3.8, 4) is 0 Å². The van der Waals surface area contributed by atoms with Gasteiger partial charge < -0.3 is 15.4 Å². The van der Waals surface area contributed by atoms with E-state index >= 15 is 0 Å². The highest BCUT2D eigenvalue weighted by atomic mass is 32.2. The molecule has 0 aromatic heterocycles. The first-order chi connectivity index (χ1) is 8.24. The van der Waals surface area contributed by atoms with Crippen LogP contribution in [0, 0.1) is 0 Å². The number of thioether (sulfide) groups is 1. The molecule has 0 aromatic carbocycles. The number of carbonyl (C=O) groups excluding carboxylic acids is 3. The van der Waals surface area contributed by atoms with Crippen molar-refractivity contribution in [2.75, 3.05) is 11.6 Å². The maximum atomic E-state index is 11.4. The van der Waals surface area contributed by atoms with Gasteiger partial charge in [0, 0.05) is 12.7 Å². The Morgan fingerprint density at radius 2 is 2.00 bits per heavy atom. The fraction of sp³-hybridized carbons (Fsp3) is 0.727. The van der Waals surface area contributed by atoms with Crippen molar-refractivity contribution in [2.24, 2.45) is 0 Å². The summed E-state index contributed by atoms with van der Waals surface area (Å²) in [5.74, 6) is 0.557. The van der Waals surface area contributed by atoms with Crippen molar-refractivity contribution in [2.45, 2.75) is 39.3 Å². The molecular formula is C11H19N2O4S. The zero-order valence-corrected chi connectivity index (χ0v) is 11.8. The van der Waals surface area contributed by atoms with Gasteiger partial charge in [0.05, 0.1) is 5.88 Å². The summed E-state index contributed by atoms with van der Waals surface area (Å²) < 4.78 is 5.01. The number of amides is 2. The number of hydrogen-bond donors (Lipinski definition) is 2. The number of nitrogens with one attached hydrogen (secondary N) is 2. The number of ether oxygens (including phenoxy) is 1. The Morgan fingerprint density at radius 3 is 2.44 bits per heavy atom. The number of carbonyl (C=O) groups is 2. The Bertz CT molecular complexity index is 302. The van der Waals surface area contributed by atoms with Crippen LogP contribution in [0.1, 0.15) is 27.7 Å². The number of hydrogen-bond acceptors (Lipinski definition) is 5. The standard InChI is InChI=1S/C11H19N2O4S/c1-8(15)12-7-18-6-9(5-14)13-10(16)17-11(2,3)4/h9H,6-7H2,1-4H3,(H,12,15)(H,13,16)/t9-/m1/s1. The van der Waals surface area contributed by atoms with Crippen LogP contribution in [0.3, 0.4) is 0 Å². The van der Waals surface area contributed by atoms with E-state index < -0.39 is 17.7 Å². The first-order valence-electron chi connectivity index (χ1n) is 5.44. The van der Waals surface area contributed by atoms with Gasteiger partial charge in [-0.15, -0.1) is 11.8 Å². The Morgan fingerprint density at radius 1 is 1.39 bits per heavy atom. The van der Waals surface area contributed by atoms with Crippen molar-refractivity contribution in [1.82, 2.24) is 10.6 Å². The van der Waals surface area contributed by atoms with E-state index in [2.05, 4.69) is 10.6 Å². The Hall–Kier alpha value is -1.24. The maximum absolute atomic E-state index is 11.4. The molecule has 0 fully saturated rings. The molecule has 0 saturated heterocycles. The summed E-state index contributed by atoms with van der Waals surface area (Å²) >= 11 is 1.31. The molecule has 2 N–H and O–H groups in total. The van der Waals surface area contributed by atoms with Gasteiger partial charge in [0.2, 0.25) is 12.2 Å². The molecule has 0 aliphatic rings. The summed E-state index contributed by atoms with van der Waals surface area (Å²) in [6, 6.07) is -0.751. The molecule has 1 atom stereocenters. The topological polar surface area (TPSA) is 84.5 Å². The molecule has 2 amide bonds. The van der Waals surface area contributed by atoms with Gasteiger partial charge in [-0.05, 0) is 20.8 Å². The minimum atomic E-state index is -0.751. The van der Waals surface area contributed by atoms with Gasteiger partial charge in [0.1, 0.15) is 11.6 Å². The second-order valence-corrected chi connectivity index (χ2v) is 5.60. The average Bonchev–Trinajstić information content (AvgIpc) is 2.19. The van der Waals surface area contributed by atoms with Gasteiger partial charge in [-0.3, -0.25) is 9.59 Å². The van der Waals surface area contributed by atoms with E-state index in [9.17, 15) is 14.4 Å². The molecule has 0 unspecified atom stereocenters. The molecule has 0 heterocycles. The van der Waals surface area contributed by atoms with Gasteiger partial charge in [0.25, 0.3) is 0 Å². The van der Waals surface area contributed by atoms with Crippen LogP contribution in [-0.4, -0.2) is 41.6 Å². The molecule has 18 heavy (non-hydrogen) atoms. The molecule has 0 aliphatic heterocycles. The van der Waals surface area contributed by atoms with E-state index in [0.717, 1.165) is 0 Å². The third-order valence-corrected chi connectivity index (χ3v) is 2.46. The predicted octanol–water partition coefficient (Wildman–Crippen LogP) is 0.816. The van der Waals surface area contributed by atoms with E-state index in [1.165, 1.54) is 18.7 Å². The van der Waals surface area contributed by atoms with Gasteiger partial charge >= 0.3 is 6.09 Å². The van der Waals surface area contributed by atoms with Crippen molar-refractivity contribution in [3.63, 3.8) is 0 Å². The zero-order valence-electron chi connectivity index (χ0n) is 11.0. The molecule has 0 aliphatic carbocycles. The summed E-state index contributed by atoms with van der Waals surface area (Å²) in [4.78, 5) is 32.6. The molecule has 103 valence electrons. The van der Waals surface area contributed by atoms with Crippen LogP contribution in [0.25, 0.3) is 0 Å². The quantitative estimate of drug-likeness (QED) is 0.553. The van der Waals surface area contributed by atoms with E-state index in [4.69, 9.17) is 4.74 Å². The van der Waals surface area contributed by atoms with Crippen LogP contribution >= 0.6 is 11.8 Å². The molecule has 0 spiro atoms. The summed E-state index contributed by atoms with van der Waals surface area (Å²) in [6.45, 7) is 6.61. The van der Waals surface area contributed by atoms with E-state index in [1.54, 1.807) is 27.1 Å². The van der Waals surface area contributed by atoms with E-state index in [1.807, 2.05) is 0 Å². The van der Waals surface area contributed by atoms with Gasteiger partial charge in [-0.1, -0.05) is 0 Å². The molecule has 0 aromatic rings. The SMILES string of the molecule is CC(=O)NCSC[C@@H]([C]=O)NC(=O)OC(C)(C)C. The predicted molar refractivity (Wildman–Crippen MR) is 70.0 cm³/mol. The van der Waals surface area contributed by atoms with Crippen LogP contribution in [0.15, 0.2) is 0 Å². The molecule has 1 radical (unpaired) electrons. The third kappa shape index (κ3) is 9.95. The maximum Gasteiger partial charge on any atom is 0.408 e. The second kappa shape index (κ2) is 7.97. The van der Waals surface area contributed by atoms with Crippen LogP contribution in [-0.2, 0) is 14.3 Å². The minimum Gasteiger partial charge on any atom is -0.444 e. The first kappa shape index (κ1) is 16.8. The Balaban J connectivity index is 3.93. The van der Waals surface area contributed by atoms with Gasteiger partial charge in [0.15, 0.2) is 0 Å². The second-order valence-electron chi connectivity index (χ2n) is 4.56. The Labute approximate surface area is 111 Å². The van der Waals surface area contributed by atoms with Crippen LogP contribution < -0.4 is 10.6 Å². The smallest absolute Gasteiger partial charge is 0.408 e. The molecule has 0 bridgehead atoms. The van der Waals surface area contributed by atoms with Crippen molar-refractivity contribution in [3.05, 3.63) is 0 Å². The fourth-order valence-electron chi connectivity index (χ4n) is 0.884. The minimum absolute atomic E-state index is 0.144. The summed E-state index contributed by atoms with van der Waals surface area (Å²) in [5, 5.41) is 4.96. The van der Waals surface area contributed by atoms with E-state index in [-0.39, 0.29) is 5.91 Å². The largest absolute Gasteiger partial charge is 0.444 e. The highest BCUT2D eigenvalue weighted by molar-refractivity contribution is 7.99. The van der Waals surface area contributed by atoms with Gasteiger partial charge in [-0.2, -0.15) is 0 Å². The van der Waals surface area contributed by atoms with Crippen LogP contribution in [0.2, 0.25) is 0 Å². The zero-order chi connectivity index (χ0) is 14.2. The summed E-state index contributed by atoms with van der Waals surface area (Å²) in [6.07, 6.45) is 1.05. The van der Waals surface area contributed by atoms with Crippen molar-refractivity contribution >= 4 is 30.0 Å². The Kier molecular flexibility index (Phi) is 7.42. The number of alkyl carbamates (subject to hydrolysis) is 1. The lowest BCUT2D eigenvalue weighted by atomic mass is 10.2. The third-order valence-electron chi connectivity index (χ3n) is 1.54. The van der Waals surface area contributed by atoms with E-state index in [0.29, 0.717) is 11.6 Å². The van der Waals surface area contributed by atoms with Crippen molar-refractivity contribution < 1.29 is 19.1 Å². The lowest BCUT2D eigenvalue weighted by Crippen LogP contribution is -2.41. The molecule has 7 heteroatoms. The highest BCUT2D eigenvalue weighted by Crippen LogP contribution is 2.07. The summed E-state index contributed by atoms with van der Waals surface area (Å²) in [5.41, 5.74) is -0.610. The van der Waals surface area contributed by atoms with Crippen LogP contribution in [0.4, 0.5) is 4.79 Å². The molecule has 6 nitrogen and oxygen atoms in total. The monoisotopic (exact) mass is 275 g/mol. The van der Waals surface area contributed by atoms with Crippen molar-refractivity contribution in [1.29, 1.82) is 0 Å². The lowest BCUT2D eigenvalue weighted by Gasteiger charge is -2.21. The lowest BCUT2D eigenvalue weighted by molar-refractivity contribution is -0.118. The number of rotatable bonds is 6. The molecule has 0 saturated carbocycles. The fourth-order valence-corrected chi connectivity index (χ4v) is 1.69. The first-order valence-corrected chi connectivity index (χ1v) is 6.59. The van der Waals surface area contributed by atoms with Gasteiger partial charge in [-0.25, -0.2) is 4.79 Å². The summed E-state index contributed by atoms with van der Waals surface area (Å²) in [7, 11) is 0. The average molecular weight is 275 g/mol. The highest BCUT2D eigenvalue weighted by Gasteiger charge is 2.19. The van der Waals surface area contributed by atoms with Crippen LogP contribution in [0.5, 0.6) is 0 Å². The molecule has 0 rings (SSSR count). The molecular weight excluding hydrogens is 256 g/mol. The normalized spacial score (nSPS) is 12.4.